The second kappa shape index (κ2) is 7.37. The summed E-state index contributed by atoms with van der Waals surface area (Å²) >= 11 is 5.88. The van der Waals surface area contributed by atoms with Crippen molar-refractivity contribution in [1.29, 1.82) is 0 Å². The van der Waals surface area contributed by atoms with Crippen molar-refractivity contribution < 1.29 is 17.9 Å². The summed E-state index contributed by atoms with van der Waals surface area (Å²) in [6.07, 6.45) is 0.696. The van der Waals surface area contributed by atoms with Crippen LogP contribution in [0.1, 0.15) is 20.3 Å². The molecular weight excluding hydrogens is 376 g/mol. The summed E-state index contributed by atoms with van der Waals surface area (Å²) in [6, 6.07) is 7.04. The number of rotatable bonds is 4. The van der Waals surface area contributed by atoms with Crippen molar-refractivity contribution in [3.05, 3.63) is 29.3 Å². The van der Waals surface area contributed by atoms with Gasteiger partial charge in [-0.05, 0) is 44.5 Å². The molecule has 0 spiro atoms. The summed E-state index contributed by atoms with van der Waals surface area (Å²) in [6.45, 7) is 6.09. The highest BCUT2D eigenvalue weighted by Gasteiger charge is 2.38. The Morgan fingerprint density at radius 2 is 1.77 bits per heavy atom. The van der Waals surface area contributed by atoms with Gasteiger partial charge in [0.25, 0.3) is 5.91 Å². The van der Waals surface area contributed by atoms with Crippen LogP contribution < -0.4 is 4.74 Å². The zero-order valence-electron chi connectivity index (χ0n) is 15.2. The molecule has 1 aromatic rings. The fourth-order valence-electron chi connectivity index (χ4n) is 3.58. The van der Waals surface area contributed by atoms with Crippen LogP contribution >= 0.6 is 11.6 Å². The highest BCUT2D eigenvalue weighted by Crippen LogP contribution is 2.24. The van der Waals surface area contributed by atoms with Crippen molar-refractivity contribution in [2.24, 2.45) is 0 Å². The van der Waals surface area contributed by atoms with Crippen molar-refractivity contribution in [2.75, 3.05) is 37.7 Å². The monoisotopic (exact) mass is 400 g/mol. The van der Waals surface area contributed by atoms with Gasteiger partial charge in [-0.3, -0.25) is 9.69 Å². The molecular formula is C18H25ClN2O4S. The van der Waals surface area contributed by atoms with Crippen molar-refractivity contribution in [1.82, 2.24) is 9.80 Å². The molecule has 1 unspecified atom stereocenters. The number of hydrogen-bond acceptors (Lipinski definition) is 5. The lowest BCUT2D eigenvalue weighted by Gasteiger charge is -2.40. The quantitative estimate of drug-likeness (QED) is 0.771. The van der Waals surface area contributed by atoms with Crippen LogP contribution in [0.5, 0.6) is 5.75 Å². The number of carbonyl (C=O) groups excluding carboxylic acids is 1. The van der Waals surface area contributed by atoms with Crippen molar-refractivity contribution >= 4 is 27.3 Å². The summed E-state index contributed by atoms with van der Waals surface area (Å²) in [4.78, 5) is 16.9. The third-order valence-electron chi connectivity index (χ3n) is 5.03. The Kier molecular flexibility index (Phi) is 5.51. The van der Waals surface area contributed by atoms with Crippen LogP contribution in [0, 0.1) is 0 Å². The predicted molar refractivity (Wildman–Crippen MR) is 101 cm³/mol. The van der Waals surface area contributed by atoms with Crippen LogP contribution in [0.4, 0.5) is 0 Å². The fraction of sp³-hybridized carbons (Fsp3) is 0.611. The first kappa shape index (κ1) is 19.5. The van der Waals surface area contributed by atoms with Gasteiger partial charge in [0.1, 0.15) is 5.75 Å². The molecule has 0 aromatic heterocycles. The lowest BCUT2D eigenvalue weighted by Crippen LogP contribution is -2.57. The Morgan fingerprint density at radius 1 is 1.15 bits per heavy atom. The molecule has 2 heterocycles. The molecule has 2 aliphatic rings. The lowest BCUT2D eigenvalue weighted by atomic mass is 10.1. The van der Waals surface area contributed by atoms with Gasteiger partial charge in [-0.15, -0.1) is 0 Å². The zero-order valence-corrected chi connectivity index (χ0v) is 16.7. The molecule has 2 fully saturated rings. The molecule has 26 heavy (non-hydrogen) atoms. The van der Waals surface area contributed by atoms with Gasteiger partial charge in [0.15, 0.2) is 15.4 Å². The van der Waals surface area contributed by atoms with E-state index >= 15 is 0 Å². The van der Waals surface area contributed by atoms with Crippen LogP contribution in [0.2, 0.25) is 5.02 Å². The lowest BCUT2D eigenvalue weighted by molar-refractivity contribution is -0.147. The van der Waals surface area contributed by atoms with Gasteiger partial charge >= 0.3 is 0 Å². The predicted octanol–water partition coefficient (Wildman–Crippen LogP) is 1.83. The first-order valence-electron chi connectivity index (χ1n) is 8.85. The number of sulfone groups is 1. The second-order valence-corrected chi connectivity index (χ2v) is 10.1. The molecule has 1 aromatic carbocycles. The molecule has 0 saturated carbocycles. The average Bonchev–Trinajstić information content (AvgIpc) is 2.96. The number of benzene rings is 1. The van der Waals surface area contributed by atoms with Gasteiger partial charge in [0.2, 0.25) is 0 Å². The first-order chi connectivity index (χ1) is 12.2. The molecule has 0 bridgehead atoms. The maximum absolute atomic E-state index is 12.9. The Balaban J connectivity index is 1.56. The molecule has 3 rings (SSSR count). The molecule has 8 heteroatoms. The number of piperazine rings is 1. The summed E-state index contributed by atoms with van der Waals surface area (Å²) in [7, 11) is -2.89. The molecule has 0 aliphatic carbocycles. The van der Waals surface area contributed by atoms with Gasteiger partial charge in [-0.1, -0.05) is 11.6 Å². The first-order valence-corrected chi connectivity index (χ1v) is 11.0. The minimum atomic E-state index is -2.89. The summed E-state index contributed by atoms with van der Waals surface area (Å²) in [5, 5.41) is 0.617. The summed E-state index contributed by atoms with van der Waals surface area (Å²) in [5.41, 5.74) is -0.979. The van der Waals surface area contributed by atoms with E-state index in [1.54, 1.807) is 43.0 Å². The summed E-state index contributed by atoms with van der Waals surface area (Å²) < 4.78 is 29.2. The van der Waals surface area contributed by atoms with Crippen molar-refractivity contribution in [3.8, 4) is 5.75 Å². The van der Waals surface area contributed by atoms with E-state index in [1.165, 1.54) is 0 Å². The molecule has 2 aliphatic heterocycles. The van der Waals surface area contributed by atoms with Crippen LogP contribution in [0.15, 0.2) is 24.3 Å². The van der Waals surface area contributed by atoms with E-state index in [0.29, 0.717) is 43.4 Å². The van der Waals surface area contributed by atoms with Gasteiger partial charge in [-0.2, -0.15) is 0 Å². The van der Waals surface area contributed by atoms with E-state index in [-0.39, 0.29) is 23.5 Å². The molecule has 0 N–H and O–H groups in total. The molecule has 6 nitrogen and oxygen atoms in total. The molecule has 144 valence electrons. The Labute approximate surface area is 160 Å². The fourth-order valence-corrected chi connectivity index (χ4v) is 5.46. The van der Waals surface area contributed by atoms with E-state index in [1.807, 2.05) is 0 Å². The smallest absolute Gasteiger partial charge is 0.266 e. The number of ether oxygens (including phenoxy) is 1. The SMILES string of the molecule is CC(C)(Oc1ccc(Cl)cc1)C(=O)N1CCN(C2CCS(=O)(=O)C2)CC1. The minimum Gasteiger partial charge on any atom is -0.478 e. The number of carbonyl (C=O) groups is 1. The van der Waals surface area contributed by atoms with Crippen LogP contribution in [-0.2, 0) is 14.6 Å². The van der Waals surface area contributed by atoms with E-state index in [4.69, 9.17) is 16.3 Å². The molecule has 0 radical (unpaired) electrons. The largest absolute Gasteiger partial charge is 0.478 e. The summed E-state index contributed by atoms with van der Waals surface area (Å²) in [5.74, 6) is 1.05. The van der Waals surface area contributed by atoms with Gasteiger partial charge in [-0.25, -0.2) is 8.42 Å². The molecule has 1 amide bonds. The number of hydrogen-bond donors (Lipinski definition) is 0. The van der Waals surface area contributed by atoms with Gasteiger partial charge in [0.05, 0.1) is 11.5 Å². The van der Waals surface area contributed by atoms with Crippen LogP contribution in [-0.4, -0.2) is 73.5 Å². The van der Waals surface area contributed by atoms with Crippen molar-refractivity contribution in [3.63, 3.8) is 0 Å². The Hall–Kier alpha value is -1.31. The topological polar surface area (TPSA) is 66.9 Å². The van der Waals surface area contributed by atoms with Gasteiger partial charge < -0.3 is 9.64 Å². The second-order valence-electron chi connectivity index (χ2n) is 7.45. The highest BCUT2D eigenvalue weighted by molar-refractivity contribution is 7.91. The standard InChI is InChI=1S/C18H25ClN2O4S/c1-18(2,25-16-5-3-14(19)4-6-16)17(22)21-10-8-20(9-11-21)15-7-12-26(23,24)13-15/h3-6,15H,7-13H2,1-2H3. The van der Waals surface area contributed by atoms with Crippen LogP contribution in [0.25, 0.3) is 0 Å². The maximum Gasteiger partial charge on any atom is 0.266 e. The van der Waals surface area contributed by atoms with E-state index in [0.717, 1.165) is 0 Å². The molecule has 2 saturated heterocycles. The van der Waals surface area contributed by atoms with E-state index in [9.17, 15) is 13.2 Å². The average molecular weight is 401 g/mol. The number of nitrogens with zero attached hydrogens (tertiary/aromatic N) is 2. The highest BCUT2D eigenvalue weighted by atomic mass is 35.5. The zero-order chi connectivity index (χ0) is 18.9. The Morgan fingerprint density at radius 3 is 2.31 bits per heavy atom. The van der Waals surface area contributed by atoms with Crippen LogP contribution in [0.3, 0.4) is 0 Å². The third kappa shape index (κ3) is 4.50. The van der Waals surface area contributed by atoms with E-state index < -0.39 is 15.4 Å². The maximum atomic E-state index is 12.9. The normalized spacial score (nSPS) is 23.8. The third-order valence-corrected chi connectivity index (χ3v) is 7.03. The Bertz CT molecular complexity index is 756. The van der Waals surface area contributed by atoms with Crippen molar-refractivity contribution in [2.45, 2.75) is 31.9 Å². The number of amides is 1. The minimum absolute atomic E-state index is 0.0638. The van der Waals surface area contributed by atoms with E-state index in [2.05, 4.69) is 4.90 Å². The van der Waals surface area contributed by atoms with Gasteiger partial charge in [0, 0.05) is 37.2 Å². The molecule has 1 atom stereocenters. The number of halogens is 1.